The Morgan fingerprint density at radius 2 is 1.82 bits per heavy atom. The van der Waals surface area contributed by atoms with Gasteiger partial charge in [0.1, 0.15) is 11.6 Å². The Morgan fingerprint density at radius 3 is 2.42 bits per heavy atom. The topological polar surface area (TPSA) is 71.0 Å². The van der Waals surface area contributed by atoms with Crippen LogP contribution in [-0.2, 0) is 0 Å². The molecule has 1 amide bonds. The van der Waals surface area contributed by atoms with Crippen LogP contribution in [0.4, 0.5) is 20.3 Å². The Morgan fingerprint density at radius 1 is 1.12 bits per heavy atom. The van der Waals surface area contributed by atoms with Gasteiger partial charge < -0.3 is 10.2 Å². The van der Waals surface area contributed by atoms with Crippen molar-refractivity contribution in [1.82, 2.24) is 15.0 Å². The van der Waals surface area contributed by atoms with Crippen LogP contribution in [-0.4, -0.2) is 37.4 Å². The highest BCUT2D eigenvalue weighted by molar-refractivity contribution is 14.1. The van der Waals surface area contributed by atoms with Gasteiger partial charge in [0.15, 0.2) is 11.6 Å². The number of pyridine rings is 1. The highest BCUT2D eigenvalue weighted by Crippen LogP contribution is 2.41. The predicted molar refractivity (Wildman–Crippen MR) is 133 cm³/mol. The molecule has 2 aromatic heterocycles. The van der Waals surface area contributed by atoms with E-state index in [1.54, 1.807) is 6.07 Å². The first-order valence-corrected chi connectivity index (χ1v) is 11.7. The summed E-state index contributed by atoms with van der Waals surface area (Å²) in [5.74, 6) is -0.691. The number of aromatic nitrogens is 3. The van der Waals surface area contributed by atoms with Gasteiger partial charge in [0.25, 0.3) is 5.91 Å². The second kappa shape index (κ2) is 9.28. The van der Waals surface area contributed by atoms with Crippen molar-refractivity contribution in [3.63, 3.8) is 0 Å². The van der Waals surface area contributed by atoms with Crippen molar-refractivity contribution in [2.75, 3.05) is 23.3 Å². The maximum atomic E-state index is 15.1. The van der Waals surface area contributed by atoms with Crippen LogP contribution >= 0.6 is 22.6 Å². The fraction of sp³-hybridized carbons (Fsp3) is 0.333. The number of nitrogens with one attached hydrogen (secondary N) is 1. The summed E-state index contributed by atoms with van der Waals surface area (Å²) in [6, 6.07) is 5.91. The Labute approximate surface area is 205 Å². The molecule has 1 unspecified atom stereocenters. The van der Waals surface area contributed by atoms with E-state index in [1.165, 1.54) is 30.6 Å². The Hall–Kier alpha value is -2.69. The van der Waals surface area contributed by atoms with Crippen LogP contribution in [0.25, 0.3) is 11.1 Å². The number of alkyl halides is 1. The summed E-state index contributed by atoms with van der Waals surface area (Å²) in [5.41, 5.74) is 0.367. The lowest BCUT2D eigenvalue weighted by Crippen LogP contribution is -2.27. The average molecular weight is 563 g/mol. The summed E-state index contributed by atoms with van der Waals surface area (Å²) in [6.07, 6.45) is 4.85. The van der Waals surface area contributed by atoms with E-state index < -0.39 is 17.5 Å². The molecule has 1 aliphatic heterocycles. The SMILES string of the molecule is CC(C)c1ncc(C(=O)Nc2c(N3CCC(C)(I)C3)ncc(F)c2-c2ccccc2F)cn1. The number of anilines is 2. The number of carbonyl (C=O) groups is 1. The number of amides is 1. The molecule has 1 N–H and O–H groups in total. The van der Waals surface area contributed by atoms with Gasteiger partial charge in [-0.3, -0.25) is 4.79 Å². The minimum atomic E-state index is -0.720. The van der Waals surface area contributed by atoms with E-state index >= 15 is 4.39 Å². The molecule has 1 aliphatic rings. The van der Waals surface area contributed by atoms with E-state index in [9.17, 15) is 9.18 Å². The lowest BCUT2D eigenvalue weighted by molar-refractivity contribution is 0.102. The zero-order valence-electron chi connectivity index (χ0n) is 18.6. The predicted octanol–water partition coefficient (Wildman–Crippen LogP) is 5.60. The third kappa shape index (κ3) is 4.97. The van der Waals surface area contributed by atoms with Crippen molar-refractivity contribution >= 4 is 40.0 Å². The smallest absolute Gasteiger partial charge is 0.258 e. The molecule has 1 aromatic carbocycles. The lowest BCUT2D eigenvalue weighted by Gasteiger charge is -2.24. The molecule has 6 nitrogen and oxygen atoms in total. The molecule has 0 radical (unpaired) electrons. The second-order valence-electron chi connectivity index (χ2n) is 8.68. The molecule has 3 aromatic rings. The Balaban J connectivity index is 1.80. The molecule has 0 bridgehead atoms. The third-order valence-electron chi connectivity index (χ3n) is 5.57. The molecule has 0 saturated carbocycles. The largest absolute Gasteiger partial charge is 0.354 e. The maximum Gasteiger partial charge on any atom is 0.258 e. The van der Waals surface area contributed by atoms with Crippen molar-refractivity contribution in [2.24, 2.45) is 0 Å². The van der Waals surface area contributed by atoms with Crippen molar-refractivity contribution < 1.29 is 13.6 Å². The quantitative estimate of drug-likeness (QED) is 0.324. The molecule has 1 fully saturated rings. The van der Waals surface area contributed by atoms with Crippen LogP contribution in [0.5, 0.6) is 0 Å². The molecule has 0 spiro atoms. The number of halogens is 3. The van der Waals surface area contributed by atoms with Crippen LogP contribution in [0.1, 0.15) is 49.3 Å². The zero-order valence-corrected chi connectivity index (χ0v) is 20.7. The first kappa shape index (κ1) is 23.5. The fourth-order valence-electron chi connectivity index (χ4n) is 3.81. The summed E-state index contributed by atoms with van der Waals surface area (Å²) < 4.78 is 29.8. The van der Waals surface area contributed by atoms with Gasteiger partial charge in [0.2, 0.25) is 0 Å². The van der Waals surface area contributed by atoms with E-state index in [-0.39, 0.29) is 31.7 Å². The number of benzene rings is 1. The van der Waals surface area contributed by atoms with Gasteiger partial charge in [-0.15, -0.1) is 0 Å². The molecule has 1 saturated heterocycles. The third-order valence-corrected chi connectivity index (χ3v) is 6.45. The number of carbonyl (C=O) groups excluding carboxylic acids is 1. The average Bonchev–Trinajstić information content (AvgIpc) is 3.14. The highest BCUT2D eigenvalue weighted by Gasteiger charge is 2.34. The van der Waals surface area contributed by atoms with Crippen LogP contribution < -0.4 is 10.2 Å². The molecule has 172 valence electrons. The zero-order chi connectivity index (χ0) is 23.8. The van der Waals surface area contributed by atoms with Gasteiger partial charge in [0.05, 0.1) is 17.4 Å². The molecular formula is C24H24F2IN5O. The van der Waals surface area contributed by atoms with Crippen molar-refractivity contribution in [3.05, 3.63) is 65.9 Å². The molecule has 4 rings (SSSR count). The summed E-state index contributed by atoms with van der Waals surface area (Å²) in [7, 11) is 0. The van der Waals surface area contributed by atoms with Crippen molar-refractivity contribution in [2.45, 2.75) is 36.5 Å². The maximum absolute atomic E-state index is 15.1. The fourth-order valence-corrected chi connectivity index (χ4v) is 4.46. The number of nitrogens with zero attached hydrogens (tertiary/aromatic N) is 4. The normalized spacial score (nSPS) is 18.1. The summed E-state index contributed by atoms with van der Waals surface area (Å²) in [5, 5.41) is 2.78. The summed E-state index contributed by atoms with van der Waals surface area (Å²) in [6.45, 7) is 7.39. The Kier molecular flexibility index (Phi) is 6.60. The number of hydrogen-bond donors (Lipinski definition) is 1. The minimum absolute atomic E-state index is 0.00772. The minimum Gasteiger partial charge on any atom is -0.354 e. The number of rotatable bonds is 5. The van der Waals surface area contributed by atoms with Crippen LogP contribution in [0, 0.1) is 11.6 Å². The van der Waals surface area contributed by atoms with Gasteiger partial charge in [0, 0.05) is 45.9 Å². The monoisotopic (exact) mass is 563 g/mol. The van der Waals surface area contributed by atoms with E-state index in [2.05, 4.69) is 49.8 Å². The first-order valence-electron chi connectivity index (χ1n) is 10.7. The molecule has 0 aliphatic carbocycles. The van der Waals surface area contributed by atoms with E-state index in [4.69, 9.17) is 0 Å². The molecular weight excluding hydrogens is 539 g/mol. The van der Waals surface area contributed by atoms with Crippen LogP contribution in [0.2, 0.25) is 0 Å². The van der Waals surface area contributed by atoms with E-state index in [0.29, 0.717) is 24.7 Å². The summed E-state index contributed by atoms with van der Waals surface area (Å²) in [4.78, 5) is 27.9. The van der Waals surface area contributed by atoms with Gasteiger partial charge in [-0.2, -0.15) is 0 Å². The van der Waals surface area contributed by atoms with Gasteiger partial charge in [-0.1, -0.05) is 54.6 Å². The highest BCUT2D eigenvalue weighted by atomic mass is 127. The van der Waals surface area contributed by atoms with Crippen LogP contribution in [0.15, 0.2) is 42.9 Å². The number of hydrogen-bond acceptors (Lipinski definition) is 5. The molecule has 1 atom stereocenters. The van der Waals surface area contributed by atoms with Gasteiger partial charge in [-0.25, -0.2) is 23.7 Å². The first-order chi connectivity index (χ1) is 15.7. The molecule has 3 heterocycles. The van der Waals surface area contributed by atoms with Gasteiger partial charge in [-0.05, 0) is 19.4 Å². The second-order valence-corrected chi connectivity index (χ2v) is 11.3. The Bertz CT molecular complexity index is 1180. The van der Waals surface area contributed by atoms with Crippen LogP contribution in [0.3, 0.4) is 0 Å². The lowest BCUT2D eigenvalue weighted by atomic mass is 10.0. The molecule has 9 heteroatoms. The van der Waals surface area contributed by atoms with Crippen molar-refractivity contribution in [3.8, 4) is 11.1 Å². The molecule has 33 heavy (non-hydrogen) atoms. The summed E-state index contributed by atoms with van der Waals surface area (Å²) >= 11 is 2.39. The standard InChI is InChI=1S/C24H24F2IN5O/c1-14(2)21-28-10-15(11-29-21)23(33)31-20-19(16-6-4-5-7-17(16)25)18(26)12-30-22(20)32-9-8-24(3,27)13-32/h4-7,10-12,14H,8-9,13H2,1-3H3,(H,31,33). The van der Waals surface area contributed by atoms with Gasteiger partial charge >= 0.3 is 0 Å². The van der Waals surface area contributed by atoms with Crippen molar-refractivity contribution in [1.29, 1.82) is 0 Å². The van der Waals surface area contributed by atoms with E-state index in [0.717, 1.165) is 12.6 Å². The van der Waals surface area contributed by atoms with E-state index in [1.807, 2.05) is 18.7 Å².